The maximum atomic E-state index is 11.7. The summed E-state index contributed by atoms with van der Waals surface area (Å²) in [5.41, 5.74) is 1.09. The van der Waals surface area contributed by atoms with E-state index < -0.39 is 0 Å². The number of methoxy groups -OCH3 is 1. The summed E-state index contributed by atoms with van der Waals surface area (Å²) in [5, 5.41) is 11.5. The van der Waals surface area contributed by atoms with E-state index in [0.717, 1.165) is 0 Å². The molecule has 16 heavy (non-hydrogen) atoms. The van der Waals surface area contributed by atoms with E-state index in [-0.39, 0.29) is 18.6 Å². The van der Waals surface area contributed by atoms with Crippen molar-refractivity contribution in [1.82, 2.24) is 10.3 Å². The summed E-state index contributed by atoms with van der Waals surface area (Å²) < 4.78 is 4.95. The lowest BCUT2D eigenvalue weighted by Crippen LogP contribution is -2.35. The average molecular weight is 224 g/mol. The van der Waals surface area contributed by atoms with Gasteiger partial charge in [-0.1, -0.05) is 0 Å². The Bertz CT molecular complexity index is 379. The van der Waals surface area contributed by atoms with E-state index in [4.69, 9.17) is 9.84 Å². The fraction of sp³-hybridized carbons (Fsp3) is 0.455. The topological polar surface area (TPSA) is 71.5 Å². The molecule has 1 heterocycles. The van der Waals surface area contributed by atoms with Crippen LogP contribution in [0.2, 0.25) is 0 Å². The lowest BCUT2D eigenvalue weighted by Gasteiger charge is -2.12. The van der Waals surface area contributed by atoms with Crippen LogP contribution in [0.25, 0.3) is 0 Å². The Balaban J connectivity index is 2.84. The number of aliphatic hydroxyl groups excluding tert-OH is 1. The lowest BCUT2D eigenvalue weighted by molar-refractivity contribution is 0.0921. The van der Waals surface area contributed by atoms with Crippen LogP contribution in [0.3, 0.4) is 0 Å². The SMILES string of the molecule is COc1ccc(C(=O)N[C@@H](C)CO)c(C)n1. The first-order valence-corrected chi connectivity index (χ1v) is 5.01. The van der Waals surface area contributed by atoms with Gasteiger partial charge in [-0.3, -0.25) is 4.79 Å². The van der Waals surface area contributed by atoms with Crippen LogP contribution in [0.1, 0.15) is 23.0 Å². The number of nitrogens with zero attached hydrogens (tertiary/aromatic N) is 1. The van der Waals surface area contributed by atoms with Gasteiger partial charge in [0, 0.05) is 12.1 Å². The number of ether oxygens (including phenoxy) is 1. The normalized spacial score (nSPS) is 12.0. The molecule has 1 amide bonds. The zero-order valence-corrected chi connectivity index (χ0v) is 9.65. The molecule has 1 atom stereocenters. The van der Waals surface area contributed by atoms with Gasteiger partial charge in [0.2, 0.25) is 5.88 Å². The summed E-state index contributed by atoms with van der Waals surface area (Å²) in [6, 6.07) is 3.01. The predicted octanol–water partition coefficient (Wildman–Crippen LogP) is 0.509. The van der Waals surface area contributed by atoms with Crippen LogP contribution in [-0.2, 0) is 0 Å². The van der Waals surface area contributed by atoms with Gasteiger partial charge < -0.3 is 15.2 Å². The zero-order valence-electron chi connectivity index (χ0n) is 9.65. The molecule has 5 nitrogen and oxygen atoms in total. The number of amides is 1. The first-order chi connectivity index (χ1) is 7.58. The molecular formula is C11H16N2O3. The quantitative estimate of drug-likeness (QED) is 0.781. The Morgan fingerprint density at radius 3 is 2.81 bits per heavy atom. The summed E-state index contributed by atoms with van der Waals surface area (Å²) in [6.45, 7) is 3.37. The van der Waals surface area contributed by atoms with Crippen LogP contribution in [0.5, 0.6) is 5.88 Å². The van der Waals surface area contributed by atoms with E-state index in [1.165, 1.54) is 7.11 Å². The molecule has 1 aromatic rings. The van der Waals surface area contributed by atoms with E-state index in [0.29, 0.717) is 17.1 Å². The number of aliphatic hydroxyl groups is 1. The molecular weight excluding hydrogens is 208 g/mol. The number of hydrogen-bond acceptors (Lipinski definition) is 4. The Morgan fingerprint density at radius 1 is 1.62 bits per heavy atom. The zero-order chi connectivity index (χ0) is 12.1. The van der Waals surface area contributed by atoms with Crippen LogP contribution >= 0.6 is 0 Å². The second-order valence-electron chi connectivity index (χ2n) is 3.54. The molecule has 88 valence electrons. The molecule has 0 bridgehead atoms. The van der Waals surface area contributed by atoms with Crippen LogP contribution in [-0.4, -0.2) is 35.8 Å². The lowest BCUT2D eigenvalue weighted by atomic mass is 10.2. The number of aromatic nitrogens is 1. The first kappa shape index (κ1) is 12.4. The minimum Gasteiger partial charge on any atom is -0.481 e. The highest BCUT2D eigenvalue weighted by atomic mass is 16.5. The predicted molar refractivity (Wildman–Crippen MR) is 59.5 cm³/mol. The molecule has 0 unspecified atom stereocenters. The number of rotatable bonds is 4. The molecule has 0 spiro atoms. The highest BCUT2D eigenvalue weighted by Gasteiger charge is 2.12. The van der Waals surface area contributed by atoms with Crippen molar-refractivity contribution in [3.63, 3.8) is 0 Å². The van der Waals surface area contributed by atoms with Gasteiger partial charge in [0.25, 0.3) is 5.91 Å². The molecule has 0 aliphatic rings. The standard InChI is InChI=1S/C11H16N2O3/c1-7(6-14)12-11(15)9-4-5-10(16-3)13-8(9)2/h4-5,7,14H,6H2,1-3H3,(H,12,15)/t7-/m0/s1. The fourth-order valence-electron chi connectivity index (χ4n) is 1.24. The van der Waals surface area contributed by atoms with Crippen LogP contribution in [0.15, 0.2) is 12.1 Å². The second kappa shape index (κ2) is 5.46. The highest BCUT2D eigenvalue weighted by molar-refractivity contribution is 5.95. The van der Waals surface area contributed by atoms with E-state index in [1.807, 2.05) is 0 Å². The molecule has 1 aromatic heterocycles. The summed E-state index contributed by atoms with van der Waals surface area (Å²) in [4.78, 5) is 15.8. The van der Waals surface area contributed by atoms with E-state index in [2.05, 4.69) is 10.3 Å². The molecule has 0 aliphatic heterocycles. The highest BCUT2D eigenvalue weighted by Crippen LogP contribution is 2.11. The van der Waals surface area contributed by atoms with Crippen molar-refractivity contribution in [2.75, 3.05) is 13.7 Å². The largest absolute Gasteiger partial charge is 0.481 e. The van der Waals surface area contributed by atoms with Gasteiger partial charge in [-0.25, -0.2) is 4.98 Å². The molecule has 0 saturated heterocycles. The molecule has 5 heteroatoms. The summed E-state index contributed by atoms with van der Waals surface area (Å²) in [6.07, 6.45) is 0. The molecule has 0 radical (unpaired) electrons. The van der Waals surface area contributed by atoms with Crippen molar-refractivity contribution >= 4 is 5.91 Å². The van der Waals surface area contributed by atoms with E-state index >= 15 is 0 Å². The van der Waals surface area contributed by atoms with E-state index in [1.54, 1.807) is 26.0 Å². The molecule has 0 aliphatic carbocycles. The summed E-state index contributed by atoms with van der Waals surface area (Å²) in [7, 11) is 1.52. The maximum absolute atomic E-state index is 11.7. The van der Waals surface area contributed by atoms with Crippen LogP contribution < -0.4 is 10.1 Å². The summed E-state index contributed by atoms with van der Waals surface area (Å²) >= 11 is 0. The minimum atomic E-state index is -0.269. The number of nitrogens with one attached hydrogen (secondary N) is 1. The van der Waals surface area contributed by atoms with Crippen molar-refractivity contribution in [2.24, 2.45) is 0 Å². The number of hydrogen-bond donors (Lipinski definition) is 2. The molecule has 0 fully saturated rings. The number of carbonyl (C=O) groups is 1. The third-order valence-electron chi connectivity index (χ3n) is 2.17. The van der Waals surface area contributed by atoms with Crippen molar-refractivity contribution in [1.29, 1.82) is 0 Å². The van der Waals surface area contributed by atoms with Crippen molar-refractivity contribution in [3.05, 3.63) is 23.4 Å². The fourth-order valence-corrected chi connectivity index (χ4v) is 1.24. The minimum absolute atomic E-state index is 0.0889. The molecule has 0 aromatic carbocycles. The van der Waals surface area contributed by atoms with Crippen LogP contribution in [0.4, 0.5) is 0 Å². The van der Waals surface area contributed by atoms with Gasteiger partial charge >= 0.3 is 0 Å². The number of carbonyl (C=O) groups excluding carboxylic acids is 1. The van der Waals surface area contributed by atoms with Gasteiger partial charge in [-0.15, -0.1) is 0 Å². The second-order valence-corrected chi connectivity index (χ2v) is 3.54. The van der Waals surface area contributed by atoms with Crippen molar-refractivity contribution < 1.29 is 14.6 Å². The van der Waals surface area contributed by atoms with Gasteiger partial charge in [-0.2, -0.15) is 0 Å². The Morgan fingerprint density at radius 2 is 2.31 bits per heavy atom. The first-order valence-electron chi connectivity index (χ1n) is 5.01. The summed E-state index contributed by atoms with van der Waals surface area (Å²) in [5.74, 6) is 0.235. The van der Waals surface area contributed by atoms with Crippen LogP contribution in [0, 0.1) is 6.92 Å². The van der Waals surface area contributed by atoms with E-state index in [9.17, 15) is 4.79 Å². The monoisotopic (exact) mass is 224 g/mol. The van der Waals surface area contributed by atoms with Gasteiger partial charge in [0.15, 0.2) is 0 Å². The van der Waals surface area contributed by atoms with Crippen molar-refractivity contribution in [3.8, 4) is 5.88 Å². The average Bonchev–Trinajstić information content (AvgIpc) is 2.28. The van der Waals surface area contributed by atoms with Gasteiger partial charge in [0.1, 0.15) is 0 Å². The van der Waals surface area contributed by atoms with Gasteiger partial charge in [0.05, 0.1) is 25.0 Å². The molecule has 1 rings (SSSR count). The molecule has 0 saturated carbocycles. The Kier molecular flexibility index (Phi) is 4.25. The number of pyridine rings is 1. The Hall–Kier alpha value is -1.62. The third-order valence-corrected chi connectivity index (χ3v) is 2.17. The number of aryl methyl sites for hydroxylation is 1. The Labute approximate surface area is 94.5 Å². The molecule has 2 N–H and O–H groups in total. The third kappa shape index (κ3) is 2.93. The van der Waals surface area contributed by atoms with Crippen molar-refractivity contribution in [2.45, 2.75) is 19.9 Å². The smallest absolute Gasteiger partial charge is 0.253 e. The maximum Gasteiger partial charge on any atom is 0.253 e. The van der Waals surface area contributed by atoms with Gasteiger partial charge in [-0.05, 0) is 19.9 Å².